The molecular formula is C32H30ClFN6O2. The first-order valence-corrected chi connectivity index (χ1v) is 14.0. The number of piperazine rings is 1. The zero-order chi connectivity index (χ0) is 30.3. The van der Waals surface area contributed by atoms with E-state index in [1.165, 1.54) is 16.7 Å². The van der Waals surface area contributed by atoms with E-state index < -0.39 is 11.4 Å². The van der Waals surface area contributed by atoms with Crippen LogP contribution in [-0.4, -0.2) is 51.0 Å². The predicted octanol–water partition coefficient (Wildman–Crippen LogP) is 5.77. The van der Waals surface area contributed by atoms with Crippen molar-refractivity contribution in [2.45, 2.75) is 39.7 Å². The third-order valence-electron chi connectivity index (χ3n) is 7.64. The number of carbonyl (C=O) groups excluding carboxylic acids is 1. The van der Waals surface area contributed by atoms with Gasteiger partial charge < -0.3 is 9.80 Å². The van der Waals surface area contributed by atoms with Crippen LogP contribution in [0.3, 0.4) is 0 Å². The number of benzene rings is 1. The lowest BCUT2D eigenvalue weighted by Gasteiger charge is -2.41. The monoisotopic (exact) mass is 584 g/mol. The summed E-state index contributed by atoms with van der Waals surface area (Å²) >= 11 is 6.79. The number of aryl methyl sites for hydroxylation is 1. The first-order valence-electron chi connectivity index (χ1n) is 13.7. The van der Waals surface area contributed by atoms with Crippen molar-refractivity contribution in [2.24, 2.45) is 0 Å². The molecule has 3 aromatic heterocycles. The highest BCUT2D eigenvalue weighted by atomic mass is 35.5. The van der Waals surface area contributed by atoms with Gasteiger partial charge in [-0.3, -0.25) is 19.1 Å². The number of nitrogens with zero attached hydrogens (tertiary/aromatic N) is 6. The molecule has 4 heterocycles. The first-order chi connectivity index (χ1) is 20.1. The largest absolute Gasteiger partial charge is 0.363 e. The number of anilines is 1. The third-order valence-corrected chi connectivity index (χ3v) is 7.93. The molecule has 1 aliphatic heterocycles. The third kappa shape index (κ3) is 4.82. The minimum Gasteiger partial charge on any atom is -0.363 e. The van der Waals surface area contributed by atoms with E-state index >= 15 is 0 Å². The Hall–Kier alpha value is -4.55. The Bertz CT molecular complexity index is 1840. The lowest BCUT2D eigenvalue weighted by molar-refractivity contribution is -0.126. The van der Waals surface area contributed by atoms with Crippen LogP contribution in [0.15, 0.2) is 60.0 Å². The van der Waals surface area contributed by atoms with Crippen LogP contribution in [0.5, 0.6) is 0 Å². The average molecular weight is 585 g/mol. The van der Waals surface area contributed by atoms with Gasteiger partial charge in [0.25, 0.3) is 5.56 Å². The van der Waals surface area contributed by atoms with Crippen molar-refractivity contribution in [2.75, 3.05) is 24.5 Å². The molecule has 42 heavy (non-hydrogen) atoms. The Morgan fingerprint density at radius 3 is 2.62 bits per heavy atom. The van der Waals surface area contributed by atoms with Crippen molar-refractivity contribution in [1.29, 1.82) is 5.26 Å². The summed E-state index contributed by atoms with van der Waals surface area (Å²) in [6, 6.07) is 11.5. The van der Waals surface area contributed by atoms with E-state index in [4.69, 9.17) is 16.6 Å². The molecule has 1 atom stereocenters. The van der Waals surface area contributed by atoms with E-state index in [1.54, 1.807) is 41.4 Å². The van der Waals surface area contributed by atoms with Crippen molar-refractivity contribution in [3.63, 3.8) is 0 Å². The van der Waals surface area contributed by atoms with Crippen molar-refractivity contribution in [3.05, 3.63) is 93.3 Å². The molecule has 0 radical (unpaired) electrons. The van der Waals surface area contributed by atoms with E-state index in [0.29, 0.717) is 42.1 Å². The molecule has 5 rings (SSSR count). The van der Waals surface area contributed by atoms with Gasteiger partial charge in [-0.25, -0.2) is 9.37 Å². The number of amides is 1. The fourth-order valence-electron chi connectivity index (χ4n) is 5.62. The Morgan fingerprint density at radius 1 is 1.24 bits per heavy atom. The number of hydrogen-bond acceptors (Lipinski definition) is 6. The Labute approximate surface area is 248 Å². The number of pyridine rings is 3. The van der Waals surface area contributed by atoms with Crippen LogP contribution in [-0.2, 0) is 4.79 Å². The minimum atomic E-state index is -0.566. The highest BCUT2D eigenvalue weighted by molar-refractivity contribution is 6.34. The summed E-state index contributed by atoms with van der Waals surface area (Å²) in [5.74, 6) is -0.748. The molecule has 1 unspecified atom stereocenters. The maximum Gasteiger partial charge on any atom is 0.276 e. The standard InChI is InChI=1S/C32H30ClFN6O2/c1-6-26(41)38-13-14-39(20(5)17-38)30-22-15-24(33)28(21-9-7-8-10-25(21)34)37-31(22)40(32(42)23(30)16-35)29-19(4)11-12-36-27(29)18(2)3/h6-12,15,18,20H,1,13-14,17H2,2-5H3. The SMILES string of the molecule is C=CC(=O)N1CCN(c2c(C#N)c(=O)n(-c3c(C)ccnc3C(C)C)c3nc(-c4ccccc4F)c(Cl)cc23)C(C)C1. The zero-order valence-corrected chi connectivity index (χ0v) is 24.6. The number of hydrogen-bond donors (Lipinski definition) is 0. The van der Waals surface area contributed by atoms with Gasteiger partial charge in [0.1, 0.15) is 23.1 Å². The normalized spacial score (nSPS) is 15.2. The quantitative estimate of drug-likeness (QED) is 0.277. The first kappa shape index (κ1) is 29.0. The topological polar surface area (TPSA) is 95.1 Å². The maximum atomic E-state index is 15.0. The molecule has 0 spiro atoms. The van der Waals surface area contributed by atoms with Crippen LogP contribution in [0.25, 0.3) is 28.0 Å². The molecule has 1 aromatic carbocycles. The summed E-state index contributed by atoms with van der Waals surface area (Å²) in [6.07, 6.45) is 2.96. The fraction of sp³-hybridized carbons (Fsp3) is 0.281. The van der Waals surface area contributed by atoms with Gasteiger partial charge >= 0.3 is 0 Å². The highest BCUT2D eigenvalue weighted by Gasteiger charge is 2.32. The second-order valence-electron chi connectivity index (χ2n) is 10.7. The second kappa shape index (κ2) is 11.4. The smallest absolute Gasteiger partial charge is 0.276 e. The van der Waals surface area contributed by atoms with Gasteiger partial charge in [0.15, 0.2) is 0 Å². The second-order valence-corrected chi connectivity index (χ2v) is 11.1. The van der Waals surface area contributed by atoms with Crippen molar-refractivity contribution < 1.29 is 9.18 Å². The summed E-state index contributed by atoms with van der Waals surface area (Å²) in [5.41, 5.74) is 2.28. The molecule has 0 saturated carbocycles. The van der Waals surface area contributed by atoms with Crippen molar-refractivity contribution in [1.82, 2.24) is 19.4 Å². The molecule has 0 N–H and O–H groups in total. The van der Waals surface area contributed by atoms with Crippen LogP contribution < -0.4 is 10.5 Å². The van der Waals surface area contributed by atoms with Gasteiger partial charge in [0.05, 0.1) is 27.8 Å². The summed E-state index contributed by atoms with van der Waals surface area (Å²) < 4.78 is 16.4. The molecule has 10 heteroatoms. The average Bonchev–Trinajstić information content (AvgIpc) is 2.97. The Balaban J connectivity index is 1.90. The lowest BCUT2D eigenvalue weighted by Crippen LogP contribution is -2.54. The number of aromatic nitrogens is 3. The Kier molecular flexibility index (Phi) is 7.85. The molecule has 0 bridgehead atoms. The molecule has 0 aliphatic carbocycles. The van der Waals surface area contributed by atoms with E-state index in [2.05, 4.69) is 17.6 Å². The summed E-state index contributed by atoms with van der Waals surface area (Å²) in [5, 5.41) is 11.1. The molecule has 1 fully saturated rings. The van der Waals surface area contributed by atoms with Gasteiger partial charge in [-0.2, -0.15) is 5.26 Å². The van der Waals surface area contributed by atoms with E-state index in [0.717, 1.165) is 5.56 Å². The number of carbonyl (C=O) groups is 1. The molecule has 1 saturated heterocycles. The molecular weight excluding hydrogens is 555 g/mol. The molecule has 8 nitrogen and oxygen atoms in total. The zero-order valence-electron chi connectivity index (χ0n) is 23.9. The maximum absolute atomic E-state index is 15.0. The Morgan fingerprint density at radius 2 is 1.98 bits per heavy atom. The van der Waals surface area contributed by atoms with Gasteiger partial charge in [-0.05, 0) is 55.7 Å². The van der Waals surface area contributed by atoms with Crippen molar-refractivity contribution >= 4 is 34.2 Å². The summed E-state index contributed by atoms with van der Waals surface area (Å²) in [4.78, 5) is 39.8. The minimum absolute atomic E-state index is 0.0547. The number of nitriles is 1. The molecule has 1 aliphatic rings. The van der Waals surface area contributed by atoms with Gasteiger partial charge in [-0.15, -0.1) is 0 Å². The summed E-state index contributed by atoms with van der Waals surface area (Å²) in [6.45, 7) is 12.4. The number of fused-ring (bicyclic) bond motifs is 1. The fourth-order valence-corrected chi connectivity index (χ4v) is 5.87. The highest BCUT2D eigenvalue weighted by Crippen LogP contribution is 2.38. The number of rotatable bonds is 5. The van der Waals surface area contributed by atoms with Crippen LogP contribution >= 0.6 is 11.6 Å². The van der Waals surface area contributed by atoms with Crippen LogP contribution in [0.2, 0.25) is 5.02 Å². The van der Waals surface area contributed by atoms with Gasteiger partial charge in [0, 0.05) is 42.8 Å². The van der Waals surface area contributed by atoms with Crippen LogP contribution in [0.1, 0.15) is 43.5 Å². The van der Waals surface area contributed by atoms with E-state index in [1.807, 2.05) is 32.6 Å². The van der Waals surface area contributed by atoms with Crippen molar-refractivity contribution in [3.8, 4) is 23.0 Å². The van der Waals surface area contributed by atoms with E-state index in [9.17, 15) is 19.2 Å². The summed E-state index contributed by atoms with van der Waals surface area (Å²) in [7, 11) is 0. The van der Waals surface area contributed by atoms with Crippen LogP contribution in [0.4, 0.5) is 10.1 Å². The van der Waals surface area contributed by atoms with Crippen LogP contribution in [0, 0.1) is 24.1 Å². The molecule has 214 valence electrons. The van der Waals surface area contributed by atoms with Gasteiger partial charge in [0.2, 0.25) is 5.91 Å². The van der Waals surface area contributed by atoms with Gasteiger partial charge in [-0.1, -0.05) is 44.2 Å². The lowest BCUT2D eigenvalue weighted by atomic mass is 10.0. The molecule has 4 aromatic rings. The predicted molar refractivity (Wildman–Crippen MR) is 163 cm³/mol. The number of halogens is 2. The molecule has 1 amide bonds. The van der Waals surface area contributed by atoms with E-state index in [-0.39, 0.29) is 45.4 Å².